The topological polar surface area (TPSA) is 65.4 Å². The number of hydrogen-bond acceptors (Lipinski definition) is 4. The molecular formula is C15H18ClN3O3. The average molecular weight is 324 g/mol. The molecule has 1 unspecified atom stereocenters. The Hall–Kier alpha value is -2.05. The van der Waals surface area contributed by atoms with Gasteiger partial charge >= 0.3 is 0 Å². The van der Waals surface area contributed by atoms with Crippen LogP contribution in [0.2, 0.25) is 5.02 Å². The van der Waals surface area contributed by atoms with Gasteiger partial charge in [0.2, 0.25) is 0 Å². The van der Waals surface area contributed by atoms with Crippen LogP contribution in [0.25, 0.3) is 0 Å². The fourth-order valence-corrected chi connectivity index (χ4v) is 2.09. The molecule has 2 aromatic rings. The molecule has 7 heteroatoms. The van der Waals surface area contributed by atoms with Gasteiger partial charge in [-0.15, -0.1) is 0 Å². The average Bonchev–Trinajstić information content (AvgIpc) is 2.89. The van der Waals surface area contributed by atoms with Crippen molar-refractivity contribution in [1.29, 1.82) is 0 Å². The number of nitrogens with one attached hydrogen (secondary N) is 1. The van der Waals surface area contributed by atoms with Crippen molar-refractivity contribution < 1.29 is 14.3 Å². The normalized spacial score (nSPS) is 12.0. The summed E-state index contributed by atoms with van der Waals surface area (Å²) in [6.07, 6.45) is 2.97. The molecule has 1 N–H and O–H groups in total. The first-order valence-corrected chi connectivity index (χ1v) is 7.12. The summed E-state index contributed by atoms with van der Waals surface area (Å²) >= 11 is 6.00. The second-order valence-corrected chi connectivity index (χ2v) is 5.32. The Labute approximate surface area is 134 Å². The number of halogens is 1. The molecule has 0 spiro atoms. The van der Waals surface area contributed by atoms with E-state index in [1.165, 1.54) is 6.20 Å². The maximum Gasteiger partial charge on any atom is 0.258 e. The molecule has 0 aliphatic heterocycles. The highest BCUT2D eigenvalue weighted by Crippen LogP contribution is 2.29. The zero-order valence-corrected chi connectivity index (χ0v) is 13.4. The number of amides is 1. The Kier molecular flexibility index (Phi) is 5.41. The molecule has 0 radical (unpaired) electrons. The molecule has 1 aromatic carbocycles. The van der Waals surface area contributed by atoms with Gasteiger partial charge < -0.3 is 14.8 Å². The van der Waals surface area contributed by atoms with E-state index < -0.39 is 0 Å². The summed E-state index contributed by atoms with van der Waals surface area (Å²) in [7, 11) is 3.35. The number of carbonyl (C=O) groups excluding carboxylic acids is 1. The molecule has 1 amide bonds. The largest absolute Gasteiger partial charge is 0.486 e. The maximum absolute atomic E-state index is 12.2. The summed E-state index contributed by atoms with van der Waals surface area (Å²) in [5.74, 6) is 0.255. The first-order chi connectivity index (χ1) is 10.5. The summed E-state index contributed by atoms with van der Waals surface area (Å²) in [6.45, 7) is 2.32. The van der Waals surface area contributed by atoms with Crippen LogP contribution in [0.4, 0.5) is 5.69 Å². The number of aryl methyl sites for hydroxylation is 1. The van der Waals surface area contributed by atoms with Gasteiger partial charge in [-0.25, -0.2) is 0 Å². The number of benzene rings is 1. The molecule has 1 atom stereocenters. The fraction of sp³-hybridized carbons (Fsp3) is 0.333. The Morgan fingerprint density at radius 2 is 2.27 bits per heavy atom. The van der Waals surface area contributed by atoms with Gasteiger partial charge in [-0.05, 0) is 25.1 Å². The van der Waals surface area contributed by atoms with Crippen molar-refractivity contribution >= 4 is 23.2 Å². The minimum Gasteiger partial charge on any atom is -0.486 e. The van der Waals surface area contributed by atoms with Crippen LogP contribution < -0.4 is 10.1 Å². The van der Waals surface area contributed by atoms with E-state index >= 15 is 0 Å². The predicted molar refractivity (Wildman–Crippen MR) is 84.6 cm³/mol. The lowest BCUT2D eigenvalue weighted by Crippen LogP contribution is -2.19. The SMILES string of the molecule is COCC(C)Oc1ccc(Cl)cc1NC(=O)c1cnn(C)c1. The number of nitrogens with zero attached hydrogens (tertiary/aromatic N) is 2. The van der Waals surface area contributed by atoms with E-state index in [2.05, 4.69) is 10.4 Å². The second-order valence-electron chi connectivity index (χ2n) is 4.88. The molecule has 2 rings (SSSR count). The molecule has 6 nitrogen and oxygen atoms in total. The van der Waals surface area contributed by atoms with Crippen molar-refractivity contribution in [2.24, 2.45) is 7.05 Å². The summed E-state index contributed by atoms with van der Waals surface area (Å²) in [5, 5.41) is 7.27. The van der Waals surface area contributed by atoms with Crippen molar-refractivity contribution in [3.63, 3.8) is 0 Å². The molecule has 0 bridgehead atoms. The van der Waals surface area contributed by atoms with Gasteiger partial charge in [0.05, 0.1) is 24.1 Å². The number of ether oxygens (including phenoxy) is 2. The number of methoxy groups -OCH3 is 1. The zero-order valence-electron chi connectivity index (χ0n) is 12.7. The van der Waals surface area contributed by atoms with E-state index in [4.69, 9.17) is 21.1 Å². The van der Waals surface area contributed by atoms with Crippen LogP contribution in [0, 0.1) is 0 Å². The third kappa shape index (κ3) is 4.22. The van der Waals surface area contributed by atoms with E-state index in [9.17, 15) is 4.79 Å². The van der Waals surface area contributed by atoms with E-state index in [1.54, 1.807) is 43.2 Å². The van der Waals surface area contributed by atoms with Crippen LogP contribution in [0.1, 0.15) is 17.3 Å². The van der Waals surface area contributed by atoms with Crippen LogP contribution in [-0.4, -0.2) is 35.5 Å². The van der Waals surface area contributed by atoms with Crippen LogP contribution in [0.15, 0.2) is 30.6 Å². The maximum atomic E-state index is 12.2. The molecule has 1 heterocycles. The van der Waals surface area contributed by atoms with Crippen molar-refractivity contribution in [2.45, 2.75) is 13.0 Å². The first kappa shape index (κ1) is 16.3. The van der Waals surface area contributed by atoms with Crippen molar-refractivity contribution in [1.82, 2.24) is 9.78 Å². The minimum atomic E-state index is -0.278. The summed E-state index contributed by atoms with van der Waals surface area (Å²) in [6, 6.07) is 5.06. The highest BCUT2D eigenvalue weighted by Gasteiger charge is 2.14. The van der Waals surface area contributed by atoms with E-state index in [0.29, 0.717) is 28.6 Å². The Balaban J connectivity index is 2.18. The lowest BCUT2D eigenvalue weighted by Gasteiger charge is -2.17. The van der Waals surface area contributed by atoms with Crippen molar-refractivity contribution in [2.75, 3.05) is 19.0 Å². The molecule has 118 valence electrons. The van der Waals surface area contributed by atoms with E-state index in [1.807, 2.05) is 6.92 Å². The number of rotatable bonds is 6. The van der Waals surface area contributed by atoms with Crippen molar-refractivity contribution in [3.05, 3.63) is 41.2 Å². The highest BCUT2D eigenvalue weighted by molar-refractivity contribution is 6.31. The van der Waals surface area contributed by atoms with Crippen LogP contribution in [0.5, 0.6) is 5.75 Å². The summed E-state index contributed by atoms with van der Waals surface area (Å²) in [4.78, 5) is 12.2. The van der Waals surface area contributed by atoms with Gasteiger partial charge in [-0.3, -0.25) is 9.48 Å². The van der Waals surface area contributed by atoms with Crippen LogP contribution in [-0.2, 0) is 11.8 Å². The number of hydrogen-bond donors (Lipinski definition) is 1. The molecule has 0 saturated carbocycles. The number of aromatic nitrogens is 2. The summed E-state index contributed by atoms with van der Waals surface area (Å²) < 4.78 is 12.4. The fourth-order valence-electron chi connectivity index (χ4n) is 1.92. The molecule has 0 saturated heterocycles. The predicted octanol–water partition coefficient (Wildman–Crippen LogP) is 2.74. The monoisotopic (exact) mass is 323 g/mol. The number of carbonyl (C=O) groups is 1. The molecule has 22 heavy (non-hydrogen) atoms. The molecular weight excluding hydrogens is 306 g/mol. The molecule has 1 aromatic heterocycles. The third-order valence-electron chi connectivity index (χ3n) is 2.89. The van der Waals surface area contributed by atoms with Gasteiger partial charge in [-0.2, -0.15) is 5.10 Å². The molecule has 0 aliphatic carbocycles. The Morgan fingerprint density at radius 1 is 1.50 bits per heavy atom. The smallest absolute Gasteiger partial charge is 0.258 e. The van der Waals surface area contributed by atoms with Gasteiger partial charge in [0.25, 0.3) is 5.91 Å². The quantitative estimate of drug-likeness (QED) is 0.887. The van der Waals surface area contributed by atoms with Crippen molar-refractivity contribution in [3.8, 4) is 5.75 Å². The second kappa shape index (κ2) is 7.29. The summed E-state index contributed by atoms with van der Waals surface area (Å²) in [5.41, 5.74) is 0.961. The lowest BCUT2D eigenvalue weighted by molar-refractivity contribution is 0.0921. The minimum absolute atomic E-state index is 0.153. The molecule has 0 aliphatic rings. The van der Waals surface area contributed by atoms with Crippen LogP contribution >= 0.6 is 11.6 Å². The lowest BCUT2D eigenvalue weighted by atomic mass is 10.2. The molecule has 0 fully saturated rings. The Bertz CT molecular complexity index is 657. The van der Waals surface area contributed by atoms with E-state index in [0.717, 1.165) is 0 Å². The third-order valence-corrected chi connectivity index (χ3v) is 3.12. The van der Waals surface area contributed by atoms with Gasteiger partial charge in [0, 0.05) is 25.4 Å². The van der Waals surface area contributed by atoms with Gasteiger partial charge in [0.1, 0.15) is 11.9 Å². The van der Waals surface area contributed by atoms with E-state index in [-0.39, 0.29) is 12.0 Å². The van der Waals surface area contributed by atoms with Crippen LogP contribution in [0.3, 0.4) is 0 Å². The zero-order chi connectivity index (χ0) is 16.1. The Morgan fingerprint density at radius 3 is 2.91 bits per heavy atom. The van der Waals surface area contributed by atoms with Gasteiger partial charge in [0.15, 0.2) is 0 Å². The number of anilines is 1. The highest BCUT2D eigenvalue weighted by atomic mass is 35.5. The first-order valence-electron chi connectivity index (χ1n) is 6.74. The standard InChI is InChI=1S/C15H18ClN3O3/c1-10(9-21-3)22-14-5-4-12(16)6-13(14)18-15(20)11-7-17-19(2)8-11/h4-8,10H,9H2,1-3H3,(H,18,20). The van der Waals surface area contributed by atoms with Gasteiger partial charge in [-0.1, -0.05) is 11.6 Å².